The minimum absolute atomic E-state index is 0.00385. The summed E-state index contributed by atoms with van der Waals surface area (Å²) < 4.78 is 40.0. The first-order valence-electron chi connectivity index (χ1n) is 6.46. The highest BCUT2D eigenvalue weighted by Gasteiger charge is 2.31. The molecule has 9 heteroatoms. The number of alkyl halides is 3. The third-order valence-corrected chi connectivity index (χ3v) is 6.12. The van der Waals surface area contributed by atoms with Gasteiger partial charge < -0.3 is 0 Å². The van der Waals surface area contributed by atoms with E-state index in [1.54, 1.807) is 6.20 Å². The maximum atomic E-state index is 12.6. The highest BCUT2D eigenvalue weighted by Crippen LogP contribution is 2.52. The third-order valence-electron chi connectivity index (χ3n) is 3.18. The fraction of sp³-hybridized carbons (Fsp3) is 0.214. The van der Waals surface area contributed by atoms with E-state index in [9.17, 15) is 18.4 Å². The molecule has 1 aromatic heterocycles. The molecule has 1 saturated heterocycles. The predicted octanol–water partition coefficient (Wildman–Crippen LogP) is 4.17. The second kappa shape index (κ2) is 6.29. The molecule has 0 saturated carbocycles. The molecule has 0 aliphatic carbocycles. The Morgan fingerprint density at radius 1 is 1.30 bits per heavy atom. The lowest BCUT2D eigenvalue weighted by Gasteiger charge is -2.10. The van der Waals surface area contributed by atoms with Crippen molar-refractivity contribution in [3.05, 3.63) is 52.0 Å². The van der Waals surface area contributed by atoms with Gasteiger partial charge in [0.15, 0.2) is 5.70 Å². The zero-order valence-electron chi connectivity index (χ0n) is 11.5. The Labute approximate surface area is 138 Å². The summed E-state index contributed by atoms with van der Waals surface area (Å²) in [6.07, 6.45) is -1.27. The van der Waals surface area contributed by atoms with Crippen molar-refractivity contribution < 1.29 is 13.2 Å². The molecule has 1 aliphatic rings. The van der Waals surface area contributed by atoms with Crippen molar-refractivity contribution in [2.24, 2.45) is 0 Å². The van der Waals surface area contributed by atoms with Crippen molar-refractivity contribution in [3.8, 4) is 6.07 Å². The van der Waals surface area contributed by atoms with Gasteiger partial charge in [-0.15, -0.1) is 28.6 Å². The van der Waals surface area contributed by atoms with E-state index in [1.165, 1.54) is 46.5 Å². The molecule has 1 aromatic carbocycles. The molecule has 1 aliphatic heterocycles. The van der Waals surface area contributed by atoms with Gasteiger partial charge in [0.05, 0.1) is 22.2 Å². The number of nitrogens with zero attached hydrogens (tertiary/aromatic N) is 4. The van der Waals surface area contributed by atoms with E-state index < -0.39 is 11.7 Å². The standard InChI is InChI=1S/C14H9F3N4S2/c15-14(16,17)10-3-1-9(2-4-10)12-8-22-13(23-12)11(7-18)21-6-5-19-20-21/h1-6,12H,8H2/b13-11+. The van der Waals surface area contributed by atoms with Crippen molar-refractivity contribution >= 4 is 29.2 Å². The average molecular weight is 354 g/mol. The van der Waals surface area contributed by atoms with Gasteiger partial charge in [0.2, 0.25) is 0 Å². The van der Waals surface area contributed by atoms with Gasteiger partial charge >= 0.3 is 6.18 Å². The van der Waals surface area contributed by atoms with Crippen molar-refractivity contribution in [2.75, 3.05) is 5.75 Å². The molecule has 1 fully saturated rings. The molecular weight excluding hydrogens is 345 g/mol. The van der Waals surface area contributed by atoms with E-state index in [4.69, 9.17) is 0 Å². The lowest BCUT2D eigenvalue weighted by Crippen LogP contribution is -2.05. The number of hydrogen-bond acceptors (Lipinski definition) is 5. The van der Waals surface area contributed by atoms with Gasteiger partial charge in [0.25, 0.3) is 0 Å². The van der Waals surface area contributed by atoms with E-state index in [1.807, 2.05) is 0 Å². The van der Waals surface area contributed by atoms with E-state index >= 15 is 0 Å². The number of hydrogen-bond donors (Lipinski definition) is 0. The highest BCUT2D eigenvalue weighted by molar-refractivity contribution is 8.25. The maximum absolute atomic E-state index is 12.6. The molecule has 0 spiro atoms. The normalized spacial score (nSPS) is 20.3. The predicted molar refractivity (Wildman–Crippen MR) is 83.1 cm³/mol. The molecule has 4 nitrogen and oxygen atoms in total. The Morgan fingerprint density at radius 3 is 2.61 bits per heavy atom. The lowest BCUT2D eigenvalue weighted by atomic mass is 10.1. The van der Waals surface area contributed by atoms with E-state index in [-0.39, 0.29) is 5.25 Å². The number of rotatable bonds is 2. The Morgan fingerprint density at radius 2 is 2.04 bits per heavy atom. The van der Waals surface area contributed by atoms with E-state index in [0.29, 0.717) is 11.4 Å². The van der Waals surface area contributed by atoms with Gasteiger partial charge in [0.1, 0.15) is 6.07 Å². The summed E-state index contributed by atoms with van der Waals surface area (Å²) in [5.41, 5.74) is 0.529. The van der Waals surface area contributed by atoms with E-state index in [2.05, 4.69) is 16.4 Å². The topological polar surface area (TPSA) is 54.5 Å². The summed E-state index contributed by atoms with van der Waals surface area (Å²) in [5, 5.41) is 16.8. The number of benzene rings is 1. The van der Waals surface area contributed by atoms with Crippen molar-refractivity contribution in [1.82, 2.24) is 15.0 Å². The van der Waals surface area contributed by atoms with Crippen LogP contribution >= 0.6 is 23.5 Å². The monoisotopic (exact) mass is 354 g/mol. The van der Waals surface area contributed by atoms with Crippen LogP contribution < -0.4 is 0 Å². The van der Waals surface area contributed by atoms with Crippen LogP contribution in [-0.2, 0) is 6.18 Å². The van der Waals surface area contributed by atoms with Gasteiger partial charge in [-0.05, 0) is 17.7 Å². The number of nitriles is 1. The lowest BCUT2D eigenvalue weighted by molar-refractivity contribution is -0.137. The van der Waals surface area contributed by atoms with Gasteiger partial charge in [-0.2, -0.15) is 18.4 Å². The molecule has 0 amide bonds. The summed E-state index contributed by atoms with van der Waals surface area (Å²) >= 11 is 2.95. The van der Waals surface area contributed by atoms with Crippen molar-refractivity contribution in [1.29, 1.82) is 5.26 Å². The molecule has 0 N–H and O–H groups in total. The van der Waals surface area contributed by atoms with Crippen LogP contribution in [0.25, 0.3) is 5.70 Å². The van der Waals surface area contributed by atoms with Crippen LogP contribution in [0.4, 0.5) is 13.2 Å². The Balaban J connectivity index is 1.81. The zero-order chi connectivity index (χ0) is 16.4. The first-order valence-corrected chi connectivity index (χ1v) is 8.33. The van der Waals surface area contributed by atoms with Crippen LogP contribution in [-0.4, -0.2) is 20.7 Å². The summed E-state index contributed by atoms with van der Waals surface area (Å²) in [6, 6.07) is 7.26. The Kier molecular flexibility index (Phi) is 4.37. The summed E-state index contributed by atoms with van der Waals surface area (Å²) in [6.45, 7) is 0. The van der Waals surface area contributed by atoms with Gasteiger partial charge in [-0.3, -0.25) is 0 Å². The van der Waals surface area contributed by atoms with E-state index in [0.717, 1.165) is 21.9 Å². The minimum Gasteiger partial charge on any atom is -0.208 e. The number of thioether (sulfide) groups is 2. The van der Waals surface area contributed by atoms with Crippen LogP contribution in [0.15, 0.2) is 40.9 Å². The quantitative estimate of drug-likeness (QED) is 0.758. The number of allylic oxidation sites excluding steroid dienone is 1. The van der Waals surface area contributed by atoms with Crippen LogP contribution in [0.3, 0.4) is 0 Å². The fourth-order valence-corrected chi connectivity index (χ4v) is 4.92. The highest BCUT2D eigenvalue weighted by atomic mass is 32.2. The van der Waals surface area contributed by atoms with Gasteiger partial charge in [-0.25, -0.2) is 4.68 Å². The molecule has 3 rings (SSSR count). The Bertz CT molecular complexity index is 761. The maximum Gasteiger partial charge on any atom is 0.416 e. The molecule has 0 radical (unpaired) electrons. The molecule has 1 atom stereocenters. The zero-order valence-corrected chi connectivity index (χ0v) is 13.1. The van der Waals surface area contributed by atoms with Crippen LogP contribution in [0.5, 0.6) is 0 Å². The first-order chi connectivity index (χ1) is 11.0. The molecule has 0 bridgehead atoms. The summed E-state index contributed by atoms with van der Waals surface area (Å²) in [4.78, 5) is 0. The Hall–Kier alpha value is -1.92. The van der Waals surface area contributed by atoms with Gasteiger partial charge in [0, 0.05) is 11.0 Å². The molecule has 1 unspecified atom stereocenters. The molecule has 23 heavy (non-hydrogen) atoms. The van der Waals surface area contributed by atoms with Crippen molar-refractivity contribution in [2.45, 2.75) is 11.4 Å². The second-order valence-corrected chi connectivity index (χ2v) is 7.13. The smallest absolute Gasteiger partial charge is 0.208 e. The average Bonchev–Trinajstić information content (AvgIpc) is 3.19. The van der Waals surface area contributed by atoms with Crippen LogP contribution in [0, 0.1) is 11.3 Å². The van der Waals surface area contributed by atoms with Crippen molar-refractivity contribution in [3.63, 3.8) is 0 Å². The summed E-state index contributed by atoms with van der Waals surface area (Å²) in [7, 11) is 0. The second-order valence-electron chi connectivity index (χ2n) is 4.63. The molecule has 2 aromatic rings. The number of aromatic nitrogens is 3. The largest absolute Gasteiger partial charge is 0.416 e. The molecular formula is C14H9F3N4S2. The van der Waals surface area contributed by atoms with Crippen LogP contribution in [0.2, 0.25) is 0 Å². The SMILES string of the molecule is N#C/C(=C1/SCC(c2ccc(C(F)(F)F)cc2)S1)n1ccnn1. The minimum atomic E-state index is -4.33. The molecule has 2 heterocycles. The first kappa shape index (κ1) is 16.0. The molecule has 118 valence electrons. The van der Waals surface area contributed by atoms with Crippen LogP contribution in [0.1, 0.15) is 16.4 Å². The number of halogens is 3. The van der Waals surface area contributed by atoms with Gasteiger partial charge in [-0.1, -0.05) is 17.3 Å². The summed E-state index contributed by atoms with van der Waals surface area (Å²) in [5.74, 6) is 0.686. The third kappa shape index (κ3) is 3.38. The fourth-order valence-electron chi connectivity index (χ4n) is 2.04.